The Morgan fingerprint density at radius 1 is 1.07 bits per heavy atom. The lowest BCUT2D eigenvalue weighted by atomic mass is 9.91. The zero-order chi connectivity index (χ0) is 19.4. The van der Waals surface area contributed by atoms with E-state index in [2.05, 4.69) is 20.6 Å². The van der Waals surface area contributed by atoms with Crippen LogP contribution in [-0.2, 0) is 0 Å². The Labute approximate surface area is 165 Å². The van der Waals surface area contributed by atoms with Crippen LogP contribution in [0.1, 0.15) is 41.7 Å². The van der Waals surface area contributed by atoms with Gasteiger partial charge in [-0.1, -0.05) is 11.6 Å². The maximum absolute atomic E-state index is 12.3. The minimum Gasteiger partial charge on any atom is -0.367 e. The molecule has 2 N–H and O–H groups in total. The van der Waals surface area contributed by atoms with Gasteiger partial charge in [0.2, 0.25) is 5.95 Å². The molecule has 3 rings (SSSR count). The fraction of sp³-hybridized carbons (Fsp3) is 0.450. The first-order valence-corrected chi connectivity index (χ1v) is 9.64. The van der Waals surface area contributed by atoms with Crippen LogP contribution < -0.4 is 15.5 Å². The fourth-order valence-electron chi connectivity index (χ4n) is 3.29. The summed E-state index contributed by atoms with van der Waals surface area (Å²) in [5.41, 5.74) is 1.59. The molecule has 27 heavy (non-hydrogen) atoms. The van der Waals surface area contributed by atoms with Crippen molar-refractivity contribution >= 4 is 29.3 Å². The molecule has 1 heterocycles. The molecule has 1 aromatic carbocycles. The van der Waals surface area contributed by atoms with Gasteiger partial charge in [-0.25, -0.2) is 4.98 Å². The standard InChI is InChI=1S/C20H26ClN5O/c1-13-12-18(25-20(22-13)26(2)3)23-16-8-10-17(11-9-16)24-19(27)14-4-6-15(21)7-5-14/h4-7,12,16-17H,8-11H2,1-3H3,(H,24,27)(H,22,23,25)/t16-,17+. The van der Waals surface area contributed by atoms with Gasteiger partial charge in [0.25, 0.3) is 5.91 Å². The number of nitrogens with one attached hydrogen (secondary N) is 2. The molecule has 6 nitrogen and oxygen atoms in total. The van der Waals surface area contributed by atoms with Crippen molar-refractivity contribution in [2.45, 2.75) is 44.7 Å². The molecule has 0 aliphatic heterocycles. The van der Waals surface area contributed by atoms with Gasteiger partial charge in [0.05, 0.1) is 0 Å². The Kier molecular flexibility index (Phi) is 6.16. The van der Waals surface area contributed by atoms with Gasteiger partial charge in [-0.05, 0) is 56.9 Å². The van der Waals surface area contributed by atoms with E-state index in [-0.39, 0.29) is 11.9 Å². The predicted molar refractivity (Wildman–Crippen MR) is 110 cm³/mol. The van der Waals surface area contributed by atoms with Crippen LogP contribution in [0.2, 0.25) is 5.02 Å². The topological polar surface area (TPSA) is 70.2 Å². The first kappa shape index (κ1) is 19.4. The van der Waals surface area contributed by atoms with Crippen molar-refractivity contribution < 1.29 is 4.79 Å². The molecule has 0 radical (unpaired) electrons. The van der Waals surface area contributed by atoms with Gasteiger partial charge in [0, 0.05) is 48.5 Å². The molecule has 2 aromatic rings. The van der Waals surface area contributed by atoms with Crippen molar-refractivity contribution in [2.24, 2.45) is 0 Å². The summed E-state index contributed by atoms with van der Waals surface area (Å²) < 4.78 is 0. The van der Waals surface area contributed by atoms with E-state index in [0.717, 1.165) is 37.2 Å². The number of rotatable bonds is 5. The minimum atomic E-state index is -0.0369. The number of amides is 1. The predicted octanol–water partition coefficient (Wildman–Crippen LogP) is 3.66. The molecule has 0 unspecified atom stereocenters. The van der Waals surface area contributed by atoms with Gasteiger partial charge in [0.1, 0.15) is 5.82 Å². The van der Waals surface area contributed by atoms with Crippen molar-refractivity contribution in [2.75, 3.05) is 24.3 Å². The van der Waals surface area contributed by atoms with Crippen molar-refractivity contribution in [3.05, 3.63) is 46.6 Å². The summed E-state index contributed by atoms with van der Waals surface area (Å²) in [5.74, 6) is 1.53. The lowest BCUT2D eigenvalue weighted by Crippen LogP contribution is -2.40. The van der Waals surface area contributed by atoms with Crippen LogP contribution in [0.15, 0.2) is 30.3 Å². The molecule has 7 heteroatoms. The summed E-state index contributed by atoms with van der Waals surface area (Å²) in [6, 6.07) is 9.52. The van der Waals surface area contributed by atoms with Crippen molar-refractivity contribution in [3.63, 3.8) is 0 Å². The number of benzene rings is 1. The number of nitrogens with zero attached hydrogens (tertiary/aromatic N) is 3. The highest BCUT2D eigenvalue weighted by atomic mass is 35.5. The normalized spacial score (nSPS) is 19.4. The molecule has 0 atom stereocenters. The summed E-state index contributed by atoms with van der Waals surface area (Å²) in [6.45, 7) is 1.98. The first-order chi connectivity index (χ1) is 12.9. The Morgan fingerprint density at radius 3 is 2.33 bits per heavy atom. The van der Waals surface area contributed by atoms with Crippen LogP contribution >= 0.6 is 11.6 Å². The lowest BCUT2D eigenvalue weighted by Gasteiger charge is -2.30. The van der Waals surface area contributed by atoms with Crippen molar-refractivity contribution in [1.29, 1.82) is 0 Å². The number of carbonyl (C=O) groups is 1. The number of aromatic nitrogens is 2. The molecule has 0 saturated heterocycles. The Bertz CT molecular complexity index is 785. The third-order valence-electron chi connectivity index (χ3n) is 4.76. The zero-order valence-corrected chi connectivity index (χ0v) is 16.8. The summed E-state index contributed by atoms with van der Waals surface area (Å²) >= 11 is 5.88. The molecule has 1 saturated carbocycles. The van der Waals surface area contributed by atoms with E-state index in [9.17, 15) is 4.79 Å². The van der Waals surface area contributed by atoms with E-state index in [1.165, 1.54) is 0 Å². The maximum Gasteiger partial charge on any atom is 0.251 e. The Hall–Kier alpha value is -2.34. The third kappa shape index (κ3) is 5.32. The number of aryl methyl sites for hydroxylation is 1. The third-order valence-corrected chi connectivity index (χ3v) is 5.02. The van der Waals surface area contributed by atoms with Crippen LogP contribution in [0.4, 0.5) is 11.8 Å². The summed E-state index contributed by atoms with van der Waals surface area (Å²) in [7, 11) is 3.88. The van der Waals surface area contributed by atoms with E-state index < -0.39 is 0 Å². The monoisotopic (exact) mass is 387 g/mol. The van der Waals surface area contributed by atoms with E-state index in [4.69, 9.17) is 11.6 Å². The average molecular weight is 388 g/mol. The highest BCUT2D eigenvalue weighted by Gasteiger charge is 2.23. The number of carbonyl (C=O) groups excluding carboxylic acids is 1. The highest BCUT2D eigenvalue weighted by Crippen LogP contribution is 2.23. The number of anilines is 2. The SMILES string of the molecule is Cc1cc(N[C@H]2CC[C@@H](NC(=O)c3ccc(Cl)cc3)CC2)nc(N(C)C)n1. The molecular formula is C20H26ClN5O. The average Bonchev–Trinajstić information content (AvgIpc) is 2.63. The molecule has 1 aromatic heterocycles. The summed E-state index contributed by atoms with van der Waals surface area (Å²) in [6.07, 6.45) is 3.88. The van der Waals surface area contributed by atoms with E-state index in [1.54, 1.807) is 24.3 Å². The van der Waals surface area contributed by atoms with Gasteiger partial charge in [-0.2, -0.15) is 4.98 Å². The number of halogens is 1. The molecule has 0 spiro atoms. The molecule has 0 bridgehead atoms. The van der Waals surface area contributed by atoms with Crippen LogP contribution in [0, 0.1) is 6.92 Å². The van der Waals surface area contributed by atoms with Gasteiger partial charge in [0.15, 0.2) is 0 Å². The van der Waals surface area contributed by atoms with E-state index in [0.29, 0.717) is 22.6 Å². The van der Waals surface area contributed by atoms with E-state index in [1.807, 2.05) is 32.0 Å². The zero-order valence-electron chi connectivity index (χ0n) is 16.0. The van der Waals surface area contributed by atoms with E-state index >= 15 is 0 Å². The second-order valence-corrected chi connectivity index (χ2v) is 7.70. The second-order valence-electron chi connectivity index (χ2n) is 7.26. The Morgan fingerprint density at radius 2 is 1.70 bits per heavy atom. The quantitative estimate of drug-likeness (QED) is 0.819. The summed E-state index contributed by atoms with van der Waals surface area (Å²) in [4.78, 5) is 23.2. The van der Waals surface area contributed by atoms with Crippen LogP contribution in [0.3, 0.4) is 0 Å². The largest absolute Gasteiger partial charge is 0.367 e. The highest BCUT2D eigenvalue weighted by molar-refractivity contribution is 6.30. The van der Waals surface area contributed by atoms with Gasteiger partial charge in [-0.15, -0.1) is 0 Å². The number of hydrogen-bond donors (Lipinski definition) is 2. The summed E-state index contributed by atoms with van der Waals surface area (Å²) in [5, 5.41) is 7.29. The first-order valence-electron chi connectivity index (χ1n) is 9.26. The fourth-order valence-corrected chi connectivity index (χ4v) is 3.41. The molecule has 1 fully saturated rings. The molecule has 1 aliphatic rings. The smallest absolute Gasteiger partial charge is 0.251 e. The molecular weight excluding hydrogens is 362 g/mol. The maximum atomic E-state index is 12.3. The van der Waals surface area contributed by atoms with Crippen LogP contribution in [-0.4, -0.2) is 42.1 Å². The minimum absolute atomic E-state index is 0.0369. The molecule has 144 valence electrons. The molecule has 1 aliphatic carbocycles. The van der Waals surface area contributed by atoms with Gasteiger partial charge < -0.3 is 15.5 Å². The number of hydrogen-bond acceptors (Lipinski definition) is 5. The van der Waals surface area contributed by atoms with Crippen LogP contribution in [0.25, 0.3) is 0 Å². The lowest BCUT2D eigenvalue weighted by molar-refractivity contribution is 0.0926. The Balaban J connectivity index is 1.52. The molecule has 1 amide bonds. The van der Waals surface area contributed by atoms with Crippen LogP contribution in [0.5, 0.6) is 0 Å². The van der Waals surface area contributed by atoms with Crippen molar-refractivity contribution in [3.8, 4) is 0 Å². The van der Waals surface area contributed by atoms with Gasteiger partial charge >= 0.3 is 0 Å². The second kappa shape index (κ2) is 8.57. The van der Waals surface area contributed by atoms with Gasteiger partial charge in [-0.3, -0.25) is 4.79 Å². The van der Waals surface area contributed by atoms with Crippen molar-refractivity contribution in [1.82, 2.24) is 15.3 Å².